The molecule has 1 aromatic carbocycles. The lowest BCUT2D eigenvalue weighted by Gasteiger charge is -2.19. The minimum absolute atomic E-state index is 0.128. The van der Waals surface area contributed by atoms with E-state index in [0.29, 0.717) is 17.9 Å². The Kier molecular flexibility index (Phi) is 4.02. The van der Waals surface area contributed by atoms with E-state index in [-0.39, 0.29) is 11.9 Å². The van der Waals surface area contributed by atoms with Crippen LogP contribution in [-0.2, 0) is 0 Å². The Labute approximate surface area is 138 Å². The topological polar surface area (TPSA) is 55.6 Å². The van der Waals surface area contributed by atoms with Gasteiger partial charge in [0.1, 0.15) is 5.75 Å². The molecule has 0 aromatic heterocycles. The number of nitrogens with zero attached hydrogens (tertiary/aromatic N) is 1. The van der Waals surface area contributed by atoms with E-state index in [1.54, 1.807) is 0 Å². The Balaban J connectivity index is 1.44. The average Bonchev–Trinajstić information content (AvgIpc) is 3.27. The summed E-state index contributed by atoms with van der Waals surface area (Å²) in [5, 5.41) is 0. The van der Waals surface area contributed by atoms with Gasteiger partial charge in [-0.05, 0) is 68.6 Å². The highest BCUT2D eigenvalue weighted by Gasteiger charge is 2.42. The number of fused-ring (bicyclic) bond motifs is 1. The van der Waals surface area contributed by atoms with Crippen LogP contribution in [0.15, 0.2) is 24.3 Å². The number of rotatable bonds is 3. The van der Waals surface area contributed by atoms with Gasteiger partial charge in [0.2, 0.25) is 0 Å². The molecular weight excluding hydrogens is 288 g/mol. The van der Waals surface area contributed by atoms with E-state index < -0.39 is 0 Å². The highest BCUT2D eigenvalue weighted by Crippen LogP contribution is 2.37. The normalized spacial score (nSPS) is 30.7. The largest absolute Gasteiger partial charge is 0.490 e. The summed E-state index contributed by atoms with van der Waals surface area (Å²) in [5.41, 5.74) is 6.92. The lowest BCUT2D eigenvalue weighted by atomic mass is 9.98. The Morgan fingerprint density at radius 2 is 1.96 bits per heavy atom. The molecule has 1 amide bonds. The minimum Gasteiger partial charge on any atom is -0.490 e. The van der Waals surface area contributed by atoms with E-state index >= 15 is 0 Å². The molecule has 1 aromatic rings. The fraction of sp³-hybridized carbons (Fsp3) is 0.632. The highest BCUT2D eigenvalue weighted by atomic mass is 16.5. The van der Waals surface area contributed by atoms with Gasteiger partial charge in [-0.3, -0.25) is 4.79 Å². The Bertz CT molecular complexity index is 582. The average molecular weight is 314 g/mol. The molecule has 2 aliphatic carbocycles. The van der Waals surface area contributed by atoms with Gasteiger partial charge >= 0.3 is 0 Å². The summed E-state index contributed by atoms with van der Waals surface area (Å²) in [6.45, 7) is 1.68. The zero-order chi connectivity index (χ0) is 15.8. The molecule has 0 bridgehead atoms. The van der Waals surface area contributed by atoms with Gasteiger partial charge in [-0.25, -0.2) is 0 Å². The molecule has 4 heteroatoms. The number of carbonyl (C=O) groups excluding carboxylic acids is 1. The van der Waals surface area contributed by atoms with Crippen LogP contribution in [0.1, 0.15) is 48.9 Å². The van der Waals surface area contributed by atoms with Crippen LogP contribution in [0, 0.1) is 11.8 Å². The van der Waals surface area contributed by atoms with Crippen molar-refractivity contribution in [2.45, 2.75) is 50.7 Å². The minimum atomic E-state index is 0.128. The molecule has 4 rings (SSSR count). The first-order valence-electron chi connectivity index (χ1n) is 9.02. The quantitative estimate of drug-likeness (QED) is 0.933. The summed E-state index contributed by atoms with van der Waals surface area (Å²) >= 11 is 0. The van der Waals surface area contributed by atoms with Gasteiger partial charge < -0.3 is 15.4 Å². The van der Waals surface area contributed by atoms with Crippen LogP contribution < -0.4 is 10.5 Å². The molecule has 3 fully saturated rings. The fourth-order valence-electron chi connectivity index (χ4n) is 4.56. The second-order valence-electron chi connectivity index (χ2n) is 7.43. The van der Waals surface area contributed by atoms with Gasteiger partial charge in [0.15, 0.2) is 0 Å². The molecular formula is C19H26N2O2. The molecule has 1 heterocycles. The number of nitrogens with two attached hydrogens (primary N) is 1. The number of carbonyl (C=O) groups is 1. The first-order chi connectivity index (χ1) is 11.2. The molecule has 23 heavy (non-hydrogen) atoms. The number of benzene rings is 1. The first kappa shape index (κ1) is 15.0. The zero-order valence-corrected chi connectivity index (χ0v) is 13.6. The van der Waals surface area contributed by atoms with Crippen LogP contribution in [-0.4, -0.2) is 36.0 Å². The van der Waals surface area contributed by atoms with Crippen LogP contribution in [0.3, 0.4) is 0 Å². The van der Waals surface area contributed by atoms with Crippen LogP contribution in [0.4, 0.5) is 0 Å². The van der Waals surface area contributed by atoms with Gasteiger partial charge in [-0.15, -0.1) is 0 Å². The second kappa shape index (κ2) is 6.16. The lowest BCUT2D eigenvalue weighted by Crippen LogP contribution is -2.33. The lowest BCUT2D eigenvalue weighted by molar-refractivity contribution is 0.0778. The second-order valence-corrected chi connectivity index (χ2v) is 7.43. The number of amides is 1. The molecule has 1 saturated heterocycles. The van der Waals surface area contributed by atoms with Gasteiger partial charge in [0.25, 0.3) is 5.91 Å². The molecule has 0 spiro atoms. The maximum absolute atomic E-state index is 12.8. The summed E-state index contributed by atoms with van der Waals surface area (Å²) in [6, 6.07) is 7.98. The molecule has 4 nitrogen and oxygen atoms in total. The van der Waals surface area contributed by atoms with Crippen molar-refractivity contribution in [2.24, 2.45) is 17.6 Å². The Morgan fingerprint density at radius 1 is 1.13 bits per heavy atom. The van der Waals surface area contributed by atoms with E-state index in [2.05, 4.69) is 0 Å². The molecule has 1 aliphatic heterocycles. The van der Waals surface area contributed by atoms with Crippen LogP contribution in [0.5, 0.6) is 5.75 Å². The van der Waals surface area contributed by atoms with Gasteiger partial charge in [0.05, 0.1) is 6.10 Å². The summed E-state index contributed by atoms with van der Waals surface area (Å²) in [7, 11) is 0. The summed E-state index contributed by atoms with van der Waals surface area (Å²) < 4.78 is 6.03. The SMILES string of the molecule is NC1CCC2CN(C(=O)c3cccc(OC4CCCC4)c3)CC12. The number of likely N-dealkylation sites (tertiary alicyclic amines) is 1. The molecule has 2 saturated carbocycles. The monoisotopic (exact) mass is 314 g/mol. The number of ether oxygens (including phenoxy) is 1. The van der Waals surface area contributed by atoms with Crippen LogP contribution in [0.2, 0.25) is 0 Å². The molecule has 0 radical (unpaired) electrons. The van der Waals surface area contributed by atoms with E-state index in [1.165, 1.54) is 19.3 Å². The zero-order valence-electron chi connectivity index (χ0n) is 13.6. The van der Waals surface area contributed by atoms with Crippen molar-refractivity contribution in [3.05, 3.63) is 29.8 Å². The highest BCUT2D eigenvalue weighted by molar-refractivity contribution is 5.94. The summed E-state index contributed by atoms with van der Waals surface area (Å²) in [6.07, 6.45) is 7.37. The smallest absolute Gasteiger partial charge is 0.254 e. The van der Waals surface area contributed by atoms with Crippen LogP contribution >= 0.6 is 0 Å². The molecule has 3 unspecified atom stereocenters. The predicted molar refractivity (Wildman–Crippen MR) is 89.4 cm³/mol. The van der Waals surface area contributed by atoms with Crippen molar-refractivity contribution in [3.63, 3.8) is 0 Å². The van der Waals surface area contributed by atoms with Gasteiger partial charge in [-0.1, -0.05) is 6.07 Å². The maximum atomic E-state index is 12.8. The number of hydrogen-bond acceptors (Lipinski definition) is 3. The molecule has 3 atom stereocenters. The fourth-order valence-corrected chi connectivity index (χ4v) is 4.56. The van der Waals surface area contributed by atoms with Crippen molar-refractivity contribution in [1.82, 2.24) is 4.90 Å². The summed E-state index contributed by atoms with van der Waals surface area (Å²) in [5.74, 6) is 2.06. The Morgan fingerprint density at radius 3 is 2.74 bits per heavy atom. The number of hydrogen-bond donors (Lipinski definition) is 1. The van der Waals surface area contributed by atoms with E-state index in [0.717, 1.165) is 43.7 Å². The van der Waals surface area contributed by atoms with E-state index in [4.69, 9.17) is 10.5 Å². The third kappa shape index (κ3) is 2.97. The third-order valence-electron chi connectivity index (χ3n) is 5.89. The molecule has 2 N–H and O–H groups in total. The van der Waals surface area contributed by atoms with Crippen molar-refractivity contribution in [1.29, 1.82) is 0 Å². The van der Waals surface area contributed by atoms with Crippen molar-refractivity contribution < 1.29 is 9.53 Å². The Hall–Kier alpha value is -1.55. The van der Waals surface area contributed by atoms with E-state index in [1.807, 2.05) is 29.2 Å². The van der Waals surface area contributed by atoms with Crippen LogP contribution in [0.25, 0.3) is 0 Å². The van der Waals surface area contributed by atoms with Gasteiger partial charge in [-0.2, -0.15) is 0 Å². The van der Waals surface area contributed by atoms with Gasteiger partial charge in [0, 0.05) is 24.7 Å². The summed E-state index contributed by atoms with van der Waals surface area (Å²) in [4.78, 5) is 14.8. The van der Waals surface area contributed by atoms with Crippen molar-refractivity contribution >= 4 is 5.91 Å². The predicted octanol–water partition coefficient (Wildman–Crippen LogP) is 2.82. The van der Waals surface area contributed by atoms with E-state index in [9.17, 15) is 4.79 Å². The van der Waals surface area contributed by atoms with Crippen molar-refractivity contribution in [3.8, 4) is 5.75 Å². The van der Waals surface area contributed by atoms with Crippen molar-refractivity contribution in [2.75, 3.05) is 13.1 Å². The third-order valence-corrected chi connectivity index (χ3v) is 5.89. The maximum Gasteiger partial charge on any atom is 0.254 e. The molecule has 3 aliphatic rings. The standard InChI is InChI=1S/C19H26N2O2/c20-18-9-8-14-11-21(12-17(14)18)19(22)13-4-3-7-16(10-13)23-15-5-1-2-6-15/h3-4,7,10,14-15,17-18H,1-2,5-6,8-9,11-12,20H2. The first-order valence-corrected chi connectivity index (χ1v) is 9.02. The molecule has 124 valence electrons.